The summed E-state index contributed by atoms with van der Waals surface area (Å²) in [4.78, 5) is 0. The maximum atomic E-state index is 4.50. The van der Waals surface area contributed by atoms with E-state index in [0.717, 1.165) is 5.92 Å². The van der Waals surface area contributed by atoms with Crippen LogP contribution in [0.2, 0.25) is 0 Å². The van der Waals surface area contributed by atoms with E-state index in [9.17, 15) is 0 Å². The number of allylic oxidation sites excluding steroid dienone is 1. The van der Waals surface area contributed by atoms with Crippen LogP contribution in [0.1, 0.15) is 52.4 Å². The van der Waals surface area contributed by atoms with Crippen LogP contribution in [0.15, 0.2) is 12.7 Å². The molecular formula is C12H27N. The number of hydrogen-bond donors (Lipinski definition) is 1. The van der Waals surface area contributed by atoms with Gasteiger partial charge in [-0.3, -0.25) is 0 Å². The fraction of sp³-hybridized carbons (Fsp3) is 0.833. The first-order valence-corrected chi connectivity index (χ1v) is 5.62. The topological polar surface area (TPSA) is 26.0 Å². The highest BCUT2D eigenvalue weighted by Gasteiger charge is 2.10. The molecular weight excluding hydrogens is 158 g/mol. The zero-order chi connectivity index (χ0) is 10.5. The van der Waals surface area contributed by atoms with Crippen LogP contribution in [0.5, 0.6) is 0 Å². The summed E-state index contributed by atoms with van der Waals surface area (Å²) >= 11 is 0. The number of rotatable bonds is 2. The third-order valence-electron chi connectivity index (χ3n) is 2.22. The summed E-state index contributed by atoms with van der Waals surface area (Å²) in [6, 6.07) is 0. The van der Waals surface area contributed by atoms with E-state index in [-0.39, 0.29) is 0 Å². The van der Waals surface area contributed by atoms with E-state index in [2.05, 4.69) is 18.4 Å². The van der Waals surface area contributed by atoms with Crippen LogP contribution in [0.25, 0.3) is 0 Å². The van der Waals surface area contributed by atoms with E-state index in [1.165, 1.54) is 45.6 Å². The largest absolute Gasteiger partial charge is 0.333 e. The number of hydrogen-bond acceptors (Lipinski definition) is 1. The molecule has 0 radical (unpaired) electrons. The molecule has 1 aliphatic carbocycles. The van der Waals surface area contributed by atoms with Crippen molar-refractivity contribution in [2.24, 2.45) is 11.7 Å². The maximum Gasteiger partial charge on any atom is -0.0195 e. The van der Waals surface area contributed by atoms with Gasteiger partial charge < -0.3 is 5.73 Å². The molecule has 0 aromatic heterocycles. The fourth-order valence-corrected chi connectivity index (χ4v) is 1.66. The van der Waals surface area contributed by atoms with Gasteiger partial charge in [-0.25, -0.2) is 0 Å². The zero-order valence-electron chi connectivity index (χ0n) is 9.68. The maximum absolute atomic E-state index is 4.50. The fourth-order valence-electron chi connectivity index (χ4n) is 1.66. The highest BCUT2D eigenvalue weighted by molar-refractivity contribution is 4.75. The van der Waals surface area contributed by atoms with Gasteiger partial charge in [0.15, 0.2) is 0 Å². The van der Waals surface area contributed by atoms with Crippen molar-refractivity contribution in [1.29, 1.82) is 0 Å². The van der Waals surface area contributed by atoms with Gasteiger partial charge in [-0.05, 0) is 19.4 Å². The minimum Gasteiger partial charge on any atom is -0.333 e. The monoisotopic (exact) mass is 185 g/mol. The predicted molar refractivity (Wildman–Crippen MR) is 62.8 cm³/mol. The van der Waals surface area contributed by atoms with Crippen LogP contribution in [-0.4, -0.2) is 7.05 Å². The van der Waals surface area contributed by atoms with Gasteiger partial charge in [-0.2, -0.15) is 0 Å². The minimum atomic E-state index is 0.983. The average Bonchev–Trinajstić information content (AvgIpc) is 2.26. The summed E-state index contributed by atoms with van der Waals surface area (Å²) in [5, 5.41) is 0. The van der Waals surface area contributed by atoms with E-state index in [1.807, 2.05) is 13.8 Å². The van der Waals surface area contributed by atoms with Crippen LogP contribution < -0.4 is 5.73 Å². The van der Waals surface area contributed by atoms with Crippen molar-refractivity contribution in [3.63, 3.8) is 0 Å². The first-order chi connectivity index (χ1) is 6.43. The summed E-state index contributed by atoms with van der Waals surface area (Å²) < 4.78 is 0. The Kier molecular flexibility index (Phi) is 16.6. The average molecular weight is 185 g/mol. The molecule has 0 heterocycles. The van der Waals surface area contributed by atoms with Gasteiger partial charge in [0.1, 0.15) is 0 Å². The van der Waals surface area contributed by atoms with Gasteiger partial charge in [0.2, 0.25) is 0 Å². The summed E-state index contributed by atoms with van der Waals surface area (Å²) in [5.41, 5.74) is 4.50. The Morgan fingerprint density at radius 2 is 1.62 bits per heavy atom. The molecule has 13 heavy (non-hydrogen) atoms. The smallest absolute Gasteiger partial charge is 0.0195 e. The molecule has 0 saturated heterocycles. The van der Waals surface area contributed by atoms with E-state index >= 15 is 0 Å². The van der Waals surface area contributed by atoms with Crippen LogP contribution in [0.3, 0.4) is 0 Å². The predicted octanol–water partition coefficient (Wildman–Crippen LogP) is 3.74. The van der Waals surface area contributed by atoms with Crippen molar-refractivity contribution in [2.45, 2.75) is 52.4 Å². The summed E-state index contributed by atoms with van der Waals surface area (Å²) in [5.74, 6) is 0.983. The van der Waals surface area contributed by atoms with Crippen LogP contribution >= 0.6 is 0 Å². The van der Waals surface area contributed by atoms with Crippen LogP contribution in [0, 0.1) is 5.92 Å². The molecule has 1 aliphatic rings. The van der Waals surface area contributed by atoms with Crippen molar-refractivity contribution in [2.75, 3.05) is 7.05 Å². The SMILES string of the molecule is C=CCC1CCCCC1.CC.CN. The molecule has 0 spiro atoms. The van der Waals surface area contributed by atoms with Crippen LogP contribution in [0.4, 0.5) is 0 Å². The summed E-state index contributed by atoms with van der Waals surface area (Å²) in [6.45, 7) is 7.75. The lowest BCUT2D eigenvalue weighted by Gasteiger charge is -2.19. The first kappa shape index (κ1) is 15.2. The lowest BCUT2D eigenvalue weighted by Crippen LogP contribution is -2.04. The normalized spacial score (nSPS) is 16.0. The molecule has 2 N–H and O–H groups in total. The van der Waals surface area contributed by atoms with Gasteiger partial charge >= 0.3 is 0 Å². The van der Waals surface area contributed by atoms with Gasteiger partial charge in [0.25, 0.3) is 0 Å². The second kappa shape index (κ2) is 14.2. The molecule has 0 amide bonds. The Bertz CT molecular complexity index is 83.1. The Hall–Kier alpha value is -0.300. The quantitative estimate of drug-likeness (QED) is 0.652. The number of nitrogens with two attached hydrogens (primary N) is 1. The zero-order valence-corrected chi connectivity index (χ0v) is 9.68. The highest BCUT2D eigenvalue weighted by atomic mass is 14.4. The summed E-state index contributed by atoms with van der Waals surface area (Å²) in [7, 11) is 1.50. The van der Waals surface area contributed by atoms with Gasteiger partial charge in [0.05, 0.1) is 0 Å². The molecule has 1 rings (SSSR count). The lowest BCUT2D eigenvalue weighted by atomic mass is 9.87. The van der Waals surface area contributed by atoms with Crippen LogP contribution in [-0.2, 0) is 0 Å². The third-order valence-corrected chi connectivity index (χ3v) is 2.22. The molecule has 1 fully saturated rings. The Morgan fingerprint density at radius 1 is 1.15 bits per heavy atom. The molecule has 80 valence electrons. The van der Waals surface area contributed by atoms with Crippen molar-refractivity contribution >= 4 is 0 Å². The van der Waals surface area contributed by atoms with Gasteiger partial charge in [-0.1, -0.05) is 52.0 Å². The van der Waals surface area contributed by atoms with E-state index < -0.39 is 0 Å². The Balaban J connectivity index is 0. The molecule has 0 aromatic rings. The van der Waals surface area contributed by atoms with Crippen molar-refractivity contribution in [1.82, 2.24) is 0 Å². The molecule has 0 unspecified atom stereocenters. The molecule has 0 bridgehead atoms. The van der Waals surface area contributed by atoms with Crippen molar-refractivity contribution in [3.05, 3.63) is 12.7 Å². The molecule has 0 aliphatic heterocycles. The van der Waals surface area contributed by atoms with E-state index in [1.54, 1.807) is 0 Å². The van der Waals surface area contributed by atoms with Crippen molar-refractivity contribution in [3.8, 4) is 0 Å². The van der Waals surface area contributed by atoms with E-state index in [4.69, 9.17) is 0 Å². The second-order valence-electron chi connectivity index (χ2n) is 3.03. The Labute approximate surface area is 84.4 Å². The molecule has 0 atom stereocenters. The summed E-state index contributed by atoms with van der Waals surface area (Å²) in [6.07, 6.45) is 10.6. The second-order valence-corrected chi connectivity index (χ2v) is 3.03. The molecule has 1 saturated carbocycles. The lowest BCUT2D eigenvalue weighted by molar-refractivity contribution is 0.361. The van der Waals surface area contributed by atoms with Gasteiger partial charge in [0, 0.05) is 0 Å². The van der Waals surface area contributed by atoms with Gasteiger partial charge in [-0.15, -0.1) is 6.58 Å². The van der Waals surface area contributed by atoms with Crippen molar-refractivity contribution < 1.29 is 0 Å². The first-order valence-electron chi connectivity index (χ1n) is 5.62. The highest BCUT2D eigenvalue weighted by Crippen LogP contribution is 2.25. The standard InChI is InChI=1S/C9H16.C2H6.CH5N/c1-2-6-9-7-4-3-5-8-9;2*1-2/h2,9H,1,3-8H2;1-2H3;2H2,1H3. The molecule has 1 nitrogen and oxygen atoms in total. The molecule has 0 aromatic carbocycles. The minimum absolute atomic E-state index is 0.983. The third kappa shape index (κ3) is 9.62. The molecule has 1 heteroatoms. The van der Waals surface area contributed by atoms with E-state index in [0.29, 0.717) is 0 Å². The Morgan fingerprint density at radius 3 is 2.00 bits per heavy atom.